The van der Waals surface area contributed by atoms with Crippen LogP contribution in [-0.4, -0.2) is 36.5 Å². The van der Waals surface area contributed by atoms with Gasteiger partial charge in [0.1, 0.15) is 0 Å². The van der Waals surface area contributed by atoms with E-state index >= 15 is 0 Å². The van der Waals surface area contributed by atoms with Crippen LogP contribution in [0.25, 0.3) is 0 Å². The minimum Gasteiger partial charge on any atom is -0.343 e. The van der Waals surface area contributed by atoms with Crippen LogP contribution >= 0.6 is 12.4 Å². The van der Waals surface area contributed by atoms with Crippen molar-refractivity contribution >= 4 is 18.3 Å². The van der Waals surface area contributed by atoms with Gasteiger partial charge in [-0.1, -0.05) is 6.92 Å². The van der Waals surface area contributed by atoms with Gasteiger partial charge in [0.05, 0.1) is 0 Å². The van der Waals surface area contributed by atoms with Crippen molar-refractivity contribution in [1.29, 1.82) is 0 Å². The number of nitrogens with zero attached hydrogens (tertiary/aromatic N) is 1. The van der Waals surface area contributed by atoms with Crippen LogP contribution in [0.1, 0.15) is 39.0 Å². The van der Waals surface area contributed by atoms with Gasteiger partial charge in [0, 0.05) is 25.6 Å². The van der Waals surface area contributed by atoms with Gasteiger partial charge < -0.3 is 10.2 Å². The number of hydrogen-bond acceptors (Lipinski definition) is 2. The Morgan fingerprint density at radius 3 is 2.38 bits per heavy atom. The van der Waals surface area contributed by atoms with E-state index in [1.165, 1.54) is 19.4 Å². The summed E-state index contributed by atoms with van der Waals surface area (Å²) >= 11 is 0. The highest BCUT2D eigenvalue weighted by molar-refractivity contribution is 5.85. The molecule has 2 fully saturated rings. The third-order valence-corrected chi connectivity index (χ3v) is 3.54. The Hall–Kier alpha value is -0.280. The molecule has 0 atom stereocenters. The molecule has 1 aliphatic carbocycles. The first-order valence-electron chi connectivity index (χ1n) is 6.30. The second-order valence-corrected chi connectivity index (χ2v) is 4.86. The van der Waals surface area contributed by atoms with Crippen LogP contribution in [0.2, 0.25) is 0 Å². The topological polar surface area (TPSA) is 32.3 Å². The summed E-state index contributed by atoms with van der Waals surface area (Å²) in [6, 6.07) is 0.659. The van der Waals surface area contributed by atoms with E-state index in [2.05, 4.69) is 5.32 Å². The van der Waals surface area contributed by atoms with Gasteiger partial charge in [-0.15, -0.1) is 12.4 Å². The Morgan fingerprint density at radius 1 is 1.25 bits per heavy atom. The van der Waals surface area contributed by atoms with Gasteiger partial charge >= 0.3 is 0 Å². The van der Waals surface area contributed by atoms with Gasteiger partial charge in [-0.05, 0) is 38.1 Å². The molecule has 3 nitrogen and oxygen atoms in total. The van der Waals surface area contributed by atoms with Crippen LogP contribution in [0.3, 0.4) is 0 Å². The summed E-state index contributed by atoms with van der Waals surface area (Å²) < 4.78 is 0. The van der Waals surface area contributed by atoms with Gasteiger partial charge in [0.25, 0.3) is 0 Å². The van der Waals surface area contributed by atoms with Crippen LogP contribution in [0, 0.1) is 5.92 Å². The van der Waals surface area contributed by atoms with Crippen molar-refractivity contribution in [2.24, 2.45) is 5.92 Å². The SMILES string of the molecule is CCC(=O)N1CCC(NCC2CC2)CC1.Cl. The highest BCUT2D eigenvalue weighted by atomic mass is 35.5. The fourth-order valence-electron chi connectivity index (χ4n) is 2.21. The van der Waals surface area contributed by atoms with E-state index in [9.17, 15) is 4.79 Å². The standard InChI is InChI=1S/C12H22N2O.ClH/c1-2-12(15)14-7-5-11(6-8-14)13-9-10-3-4-10;/h10-11,13H,2-9H2,1H3;1H. The lowest BCUT2D eigenvalue weighted by Gasteiger charge is -2.32. The van der Waals surface area contributed by atoms with Gasteiger partial charge in [-0.3, -0.25) is 4.79 Å². The molecule has 16 heavy (non-hydrogen) atoms. The zero-order chi connectivity index (χ0) is 10.7. The number of nitrogens with one attached hydrogen (secondary N) is 1. The largest absolute Gasteiger partial charge is 0.343 e. The first-order valence-corrected chi connectivity index (χ1v) is 6.30. The van der Waals surface area contributed by atoms with Gasteiger partial charge in [0.2, 0.25) is 5.91 Å². The highest BCUT2D eigenvalue weighted by Gasteiger charge is 2.25. The number of halogens is 1. The molecule has 0 radical (unpaired) electrons. The molecule has 2 aliphatic rings. The maximum atomic E-state index is 11.5. The minimum atomic E-state index is 0. The molecular formula is C12H23ClN2O. The third-order valence-electron chi connectivity index (χ3n) is 3.54. The van der Waals surface area contributed by atoms with Gasteiger partial charge in [0.15, 0.2) is 0 Å². The summed E-state index contributed by atoms with van der Waals surface area (Å²) in [5.74, 6) is 1.27. The van der Waals surface area contributed by atoms with Crippen molar-refractivity contribution in [3.05, 3.63) is 0 Å². The number of piperidine rings is 1. The zero-order valence-electron chi connectivity index (χ0n) is 10.1. The Labute approximate surface area is 104 Å². The van der Waals surface area contributed by atoms with Crippen LogP contribution in [0.5, 0.6) is 0 Å². The second kappa shape index (κ2) is 6.45. The number of hydrogen-bond donors (Lipinski definition) is 1. The molecule has 1 aliphatic heterocycles. The minimum absolute atomic E-state index is 0. The van der Waals surface area contributed by atoms with Crippen molar-refractivity contribution in [2.45, 2.75) is 45.1 Å². The normalized spacial score (nSPS) is 21.7. The smallest absolute Gasteiger partial charge is 0.222 e. The molecule has 0 aromatic rings. The molecule has 0 aromatic carbocycles. The number of likely N-dealkylation sites (tertiary alicyclic amines) is 1. The average molecular weight is 247 g/mol. The van der Waals surface area contributed by atoms with E-state index in [-0.39, 0.29) is 12.4 Å². The molecule has 1 saturated heterocycles. The summed E-state index contributed by atoms with van der Waals surface area (Å²) in [6.45, 7) is 5.05. The lowest BCUT2D eigenvalue weighted by Crippen LogP contribution is -2.45. The van der Waals surface area contributed by atoms with E-state index in [1.54, 1.807) is 0 Å². The molecule has 1 amide bonds. The maximum Gasteiger partial charge on any atom is 0.222 e. The first-order chi connectivity index (χ1) is 7.29. The lowest BCUT2D eigenvalue weighted by molar-refractivity contribution is -0.131. The Morgan fingerprint density at radius 2 is 1.88 bits per heavy atom. The lowest BCUT2D eigenvalue weighted by atomic mass is 10.0. The second-order valence-electron chi connectivity index (χ2n) is 4.86. The summed E-state index contributed by atoms with van der Waals surface area (Å²) in [4.78, 5) is 13.5. The zero-order valence-corrected chi connectivity index (χ0v) is 10.9. The van der Waals surface area contributed by atoms with E-state index < -0.39 is 0 Å². The maximum absolute atomic E-state index is 11.5. The van der Waals surface area contributed by atoms with Crippen LogP contribution in [0.15, 0.2) is 0 Å². The third kappa shape index (κ3) is 3.95. The van der Waals surface area contributed by atoms with E-state index in [0.717, 1.165) is 31.8 Å². The average Bonchev–Trinajstić information content (AvgIpc) is 3.10. The van der Waals surface area contributed by atoms with Crippen molar-refractivity contribution in [2.75, 3.05) is 19.6 Å². The van der Waals surface area contributed by atoms with E-state index in [1.807, 2.05) is 11.8 Å². The van der Waals surface area contributed by atoms with Crippen molar-refractivity contribution in [3.8, 4) is 0 Å². The number of amides is 1. The summed E-state index contributed by atoms with van der Waals surface area (Å²) in [5, 5.41) is 3.62. The van der Waals surface area contributed by atoms with Crippen molar-refractivity contribution in [3.63, 3.8) is 0 Å². The predicted octanol–water partition coefficient (Wildman–Crippen LogP) is 1.81. The molecule has 0 aromatic heterocycles. The van der Waals surface area contributed by atoms with Crippen molar-refractivity contribution in [1.82, 2.24) is 10.2 Å². The molecule has 1 heterocycles. The first kappa shape index (κ1) is 13.8. The fourth-order valence-corrected chi connectivity index (χ4v) is 2.21. The molecule has 4 heteroatoms. The van der Waals surface area contributed by atoms with Gasteiger partial charge in [-0.25, -0.2) is 0 Å². The summed E-state index contributed by atoms with van der Waals surface area (Å²) in [5.41, 5.74) is 0. The Bertz CT molecular complexity index is 223. The van der Waals surface area contributed by atoms with Gasteiger partial charge in [-0.2, -0.15) is 0 Å². The molecule has 0 spiro atoms. The van der Waals surface area contributed by atoms with E-state index in [4.69, 9.17) is 0 Å². The Kier molecular flexibility index (Phi) is 5.56. The highest BCUT2D eigenvalue weighted by Crippen LogP contribution is 2.28. The quantitative estimate of drug-likeness (QED) is 0.821. The molecule has 94 valence electrons. The predicted molar refractivity (Wildman–Crippen MR) is 67.9 cm³/mol. The van der Waals surface area contributed by atoms with Crippen LogP contribution in [0.4, 0.5) is 0 Å². The van der Waals surface area contributed by atoms with Crippen molar-refractivity contribution < 1.29 is 4.79 Å². The fraction of sp³-hybridized carbons (Fsp3) is 0.917. The molecule has 1 N–H and O–H groups in total. The number of rotatable bonds is 4. The number of carbonyl (C=O) groups excluding carboxylic acids is 1. The summed E-state index contributed by atoms with van der Waals surface area (Å²) in [6.07, 6.45) is 5.76. The molecular weight excluding hydrogens is 224 g/mol. The van der Waals surface area contributed by atoms with Crippen LogP contribution in [-0.2, 0) is 4.79 Å². The van der Waals surface area contributed by atoms with E-state index in [0.29, 0.717) is 18.4 Å². The number of carbonyl (C=O) groups is 1. The monoisotopic (exact) mass is 246 g/mol. The van der Waals surface area contributed by atoms with Crippen LogP contribution < -0.4 is 5.32 Å². The summed E-state index contributed by atoms with van der Waals surface area (Å²) in [7, 11) is 0. The molecule has 0 unspecified atom stereocenters. The Balaban J connectivity index is 0.00000128. The molecule has 0 bridgehead atoms. The molecule has 2 rings (SSSR count). The molecule has 1 saturated carbocycles.